The van der Waals surface area contributed by atoms with Gasteiger partial charge in [0, 0.05) is 12.7 Å². The fourth-order valence-electron chi connectivity index (χ4n) is 3.17. The smallest absolute Gasteiger partial charge is 0.272 e. The van der Waals surface area contributed by atoms with E-state index in [1.807, 2.05) is 16.9 Å². The average Bonchev–Trinajstić information content (AvgIpc) is 3.11. The van der Waals surface area contributed by atoms with Crippen LogP contribution in [-0.4, -0.2) is 28.8 Å². The Bertz CT molecular complexity index is 677. The Balaban J connectivity index is 0.00000225. The minimum atomic E-state index is -0.107. The van der Waals surface area contributed by atoms with Gasteiger partial charge in [-0.25, -0.2) is 0 Å². The average molecular weight is 363 g/mol. The molecule has 0 bridgehead atoms. The van der Waals surface area contributed by atoms with Crippen LogP contribution in [0.3, 0.4) is 0 Å². The third-order valence-electron chi connectivity index (χ3n) is 4.68. The zero-order valence-corrected chi connectivity index (χ0v) is 15.7. The molecule has 0 aliphatic carbocycles. The molecule has 2 aromatic rings. The van der Waals surface area contributed by atoms with Crippen LogP contribution in [0.1, 0.15) is 59.9 Å². The maximum Gasteiger partial charge on any atom is 0.272 e. The number of benzene rings is 1. The molecule has 6 heteroatoms. The molecule has 1 saturated heterocycles. The van der Waals surface area contributed by atoms with Crippen molar-refractivity contribution in [3.8, 4) is 0 Å². The highest BCUT2D eigenvalue weighted by Crippen LogP contribution is 2.19. The fourth-order valence-corrected chi connectivity index (χ4v) is 3.17. The summed E-state index contributed by atoms with van der Waals surface area (Å²) < 4.78 is 1.92. The van der Waals surface area contributed by atoms with Crippen molar-refractivity contribution in [3.63, 3.8) is 0 Å². The fraction of sp³-hybridized carbons (Fsp3) is 0.474. The Hall–Kier alpha value is -1.85. The molecule has 1 aliphatic heterocycles. The molecule has 5 nitrogen and oxygen atoms in total. The summed E-state index contributed by atoms with van der Waals surface area (Å²) >= 11 is 0. The van der Waals surface area contributed by atoms with Gasteiger partial charge in [0.2, 0.25) is 0 Å². The highest BCUT2D eigenvalue weighted by molar-refractivity contribution is 5.92. The summed E-state index contributed by atoms with van der Waals surface area (Å²) in [5, 5.41) is 11.0. The molecule has 3 rings (SSSR count). The molecule has 0 spiro atoms. The van der Waals surface area contributed by atoms with Gasteiger partial charge in [-0.3, -0.25) is 9.48 Å². The van der Waals surface area contributed by atoms with Gasteiger partial charge >= 0.3 is 0 Å². The van der Waals surface area contributed by atoms with Gasteiger partial charge in [-0.15, -0.1) is 12.4 Å². The SMILES string of the molecule is CCC(NC(=O)c1ccn(C2CCCNC2)n1)c1ccc(C)cc1.Cl. The first kappa shape index (κ1) is 19.5. The molecule has 2 unspecified atom stereocenters. The van der Waals surface area contributed by atoms with Crippen molar-refractivity contribution >= 4 is 18.3 Å². The Morgan fingerprint density at radius 1 is 1.36 bits per heavy atom. The van der Waals surface area contributed by atoms with E-state index in [2.05, 4.69) is 53.8 Å². The van der Waals surface area contributed by atoms with Gasteiger partial charge in [0.25, 0.3) is 5.91 Å². The molecule has 0 saturated carbocycles. The monoisotopic (exact) mass is 362 g/mol. The number of aromatic nitrogens is 2. The summed E-state index contributed by atoms with van der Waals surface area (Å²) in [5.41, 5.74) is 2.85. The number of aryl methyl sites for hydroxylation is 1. The number of amides is 1. The van der Waals surface area contributed by atoms with Crippen LogP contribution in [0.25, 0.3) is 0 Å². The zero-order chi connectivity index (χ0) is 16.9. The first-order valence-electron chi connectivity index (χ1n) is 8.80. The van der Waals surface area contributed by atoms with E-state index >= 15 is 0 Å². The van der Waals surface area contributed by atoms with Crippen molar-refractivity contribution in [2.45, 2.75) is 45.2 Å². The van der Waals surface area contributed by atoms with Crippen LogP contribution in [0, 0.1) is 6.92 Å². The Kier molecular flexibility index (Phi) is 7.02. The molecule has 1 fully saturated rings. The quantitative estimate of drug-likeness (QED) is 0.856. The minimum absolute atomic E-state index is 0. The number of nitrogens with one attached hydrogen (secondary N) is 2. The molecule has 2 N–H and O–H groups in total. The van der Waals surface area contributed by atoms with Crippen molar-refractivity contribution in [3.05, 3.63) is 53.3 Å². The minimum Gasteiger partial charge on any atom is -0.344 e. The Morgan fingerprint density at radius 2 is 2.12 bits per heavy atom. The molecule has 25 heavy (non-hydrogen) atoms. The number of rotatable bonds is 5. The molecule has 2 atom stereocenters. The van der Waals surface area contributed by atoms with E-state index < -0.39 is 0 Å². The molecular weight excluding hydrogens is 336 g/mol. The highest BCUT2D eigenvalue weighted by atomic mass is 35.5. The van der Waals surface area contributed by atoms with Crippen LogP contribution >= 0.6 is 12.4 Å². The van der Waals surface area contributed by atoms with Crippen LogP contribution in [0.5, 0.6) is 0 Å². The zero-order valence-electron chi connectivity index (χ0n) is 14.9. The maximum atomic E-state index is 12.5. The standard InChI is InChI=1S/C19H26N4O.ClH/c1-3-17(15-8-6-14(2)7-9-15)21-19(24)18-10-12-23(22-18)16-5-4-11-20-13-16;/h6-10,12,16-17,20H,3-5,11,13H2,1-2H3,(H,21,24);1H. The number of hydrogen-bond donors (Lipinski definition) is 2. The topological polar surface area (TPSA) is 59.0 Å². The van der Waals surface area contributed by atoms with Gasteiger partial charge in [-0.2, -0.15) is 5.10 Å². The molecule has 1 amide bonds. The van der Waals surface area contributed by atoms with E-state index in [0.29, 0.717) is 11.7 Å². The summed E-state index contributed by atoms with van der Waals surface area (Å²) in [7, 11) is 0. The van der Waals surface area contributed by atoms with E-state index in [9.17, 15) is 4.79 Å². The van der Waals surface area contributed by atoms with Crippen molar-refractivity contribution in [1.29, 1.82) is 0 Å². The van der Waals surface area contributed by atoms with Gasteiger partial charge in [-0.1, -0.05) is 36.8 Å². The molecule has 1 aromatic carbocycles. The second-order valence-electron chi connectivity index (χ2n) is 6.53. The first-order valence-corrected chi connectivity index (χ1v) is 8.80. The lowest BCUT2D eigenvalue weighted by atomic mass is 10.0. The lowest BCUT2D eigenvalue weighted by Gasteiger charge is -2.23. The van der Waals surface area contributed by atoms with Crippen molar-refractivity contribution in [1.82, 2.24) is 20.4 Å². The van der Waals surface area contributed by atoms with Gasteiger partial charge in [0.1, 0.15) is 5.69 Å². The van der Waals surface area contributed by atoms with Crippen LogP contribution in [-0.2, 0) is 0 Å². The Labute approximate surface area is 155 Å². The summed E-state index contributed by atoms with van der Waals surface area (Å²) in [6, 6.07) is 10.5. The summed E-state index contributed by atoms with van der Waals surface area (Å²) in [6.45, 7) is 6.14. The molecule has 0 radical (unpaired) electrons. The number of halogens is 1. The van der Waals surface area contributed by atoms with Crippen LogP contribution in [0.4, 0.5) is 0 Å². The Morgan fingerprint density at radius 3 is 2.76 bits per heavy atom. The second-order valence-corrected chi connectivity index (χ2v) is 6.53. The van der Waals surface area contributed by atoms with Gasteiger partial charge in [0.05, 0.1) is 12.1 Å². The van der Waals surface area contributed by atoms with Crippen molar-refractivity contribution in [2.75, 3.05) is 13.1 Å². The third-order valence-corrected chi connectivity index (χ3v) is 4.68. The number of hydrogen-bond acceptors (Lipinski definition) is 3. The van der Waals surface area contributed by atoms with Crippen molar-refractivity contribution in [2.24, 2.45) is 0 Å². The number of carbonyl (C=O) groups excluding carboxylic acids is 1. The summed E-state index contributed by atoms with van der Waals surface area (Å²) in [6.07, 6.45) is 5.02. The summed E-state index contributed by atoms with van der Waals surface area (Å²) in [4.78, 5) is 12.5. The van der Waals surface area contributed by atoms with Crippen LogP contribution < -0.4 is 10.6 Å². The van der Waals surface area contributed by atoms with Gasteiger partial charge in [0.15, 0.2) is 0 Å². The highest BCUT2D eigenvalue weighted by Gasteiger charge is 2.19. The van der Waals surface area contributed by atoms with E-state index in [-0.39, 0.29) is 24.4 Å². The lowest BCUT2D eigenvalue weighted by molar-refractivity contribution is 0.0929. The van der Waals surface area contributed by atoms with Gasteiger partial charge in [-0.05, 0) is 44.4 Å². The largest absolute Gasteiger partial charge is 0.344 e. The maximum absolute atomic E-state index is 12.5. The van der Waals surface area contributed by atoms with Crippen LogP contribution in [0.15, 0.2) is 36.5 Å². The third kappa shape index (κ3) is 4.83. The van der Waals surface area contributed by atoms with Crippen molar-refractivity contribution < 1.29 is 4.79 Å². The molecule has 1 aromatic heterocycles. The van der Waals surface area contributed by atoms with E-state index in [1.165, 1.54) is 5.56 Å². The normalized spacial score (nSPS) is 18.2. The van der Waals surface area contributed by atoms with Gasteiger partial charge < -0.3 is 10.6 Å². The van der Waals surface area contributed by atoms with E-state index in [4.69, 9.17) is 0 Å². The molecule has 2 heterocycles. The predicted molar refractivity (Wildman–Crippen MR) is 102 cm³/mol. The second kappa shape index (κ2) is 9.02. The summed E-state index contributed by atoms with van der Waals surface area (Å²) in [5.74, 6) is -0.107. The van der Waals surface area contributed by atoms with E-state index in [1.54, 1.807) is 0 Å². The number of carbonyl (C=O) groups is 1. The predicted octanol–water partition coefficient (Wildman–Crippen LogP) is 3.42. The van der Waals surface area contributed by atoms with E-state index in [0.717, 1.165) is 37.9 Å². The molecule has 136 valence electrons. The number of piperidine rings is 1. The molecule has 1 aliphatic rings. The molecular formula is C19H27ClN4O. The first-order chi connectivity index (χ1) is 11.7. The number of nitrogens with zero attached hydrogens (tertiary/aromatic N) is 2. The van der Waals surface area contributed by atoms with Crippen LogP contribution in [0.2, 0.25) is 0 Å². The lowest BCUT2D eigenvalue weighted by Crippen LogP contribution is -2.32.